The van der Waals surface area contributed by atoms with Crippen LogP contribution in [-0.4, -0.2) is 60.9 Å². The summed E-state index contributed by atoms with van der Waals surface area (Å²) in [5.41, 5.74) is 3.35. The predicted octanol–water partition coefficient (Wildman–Crippen LogP) is 6.76. The van der Waals surface area contributed by atoms with Gasteiger partial charge in [0.15, 0.2) is 0 Å². The van der Waals surface area contributed by atoms with Crippen LogP contribution in [-0.2, 0) is 22.4 Å². The summed E-state index contributed by atoms with van der Waals surface area (Å²) in [5, 5.41) is 0.888. The van der Waals surface area contributed by atoms with Gasteiger partial charge >= 0.3 is 0 Å². The number of benzene rings is 3. The number of likely N-dealkylation sites (tertiary alicyclic amines) is 2. The summed E-state index contributed by atoms with van der Waals surface area (Å²) < 4.78 is 0. The molecule has 216 valence electrons. The summed E-state index contributed by atoms with van der Waals surface area (Å²) >= 11 is 12.5. The topological polar surface area (TPSA) is 43.9 Å². The number of hydrogen-bond acceptors (Lipinski definition) is 3. The number of carbonyl (C=O) groups is 2. The average molecular weight is 593 g/mol. The molecule has 2 aliphatic rings. The molecule has 5 rings (SSSR count). The van der Waals surface area contributed by atoms with Gasteiger partial charge in [-0.3, -0.25) is 9.59 Å². The zero-order valence-electron chi connectivity index (χ0n) is 23.6. The highest BCUT2D eigenvalue weighted by molar-refractivity contribution is 6.42. The van der Waals surface area contributed by atoms with Gasteiger partial charge in [-0.2, -0.15) is 0 Å². The number of hydrogen-bond donors (Lipinski definition) is 0. The first-order valence-electron chi connectivity index (χ1n) is 14.8. The van der Waals surface area contributed by atoms with Crippen LogP contribution in [0.5, 0.6) is 0 Å². The van der Waals surface area contributed by atoms with Crippen LogP contribution in [0.25, 0.3) is 0 Å². The van der Waals surface area contributed by atoms with Crippen molar-refractivity contribution in [3.63, 3.8) is 0 Å². The van der Waals surface area contributed by atoms with E-state index >= 15 is 0 Å². The van der Waals surface area contributed by atoms with E-state index < -0.39 is 0 Å². The van der Waals surface area contributed by atoms with Gasteiger partial charge in [0.2, 0.25) is 11.8 Å². The predicted molar refractivity (Wildman–Crippen MR) is 168 cm³/mol. The van der Waals surface area contributed by atoms with Crippen molar-refractivity contribution < 1.29 is 9.59 Å². The molecule has 3 aromatic rings. The monoisotopic (exact) mass is 591 g/mol. The third kappa shape index (κ3) is 8.12. The van der Waals surface area contributed by atoms with Crippen LogP contribution in [0.15, 0.2) is 78.9 Å². The largest absolute Gasteiger partial charge is 0.342 e. The second-order valence-corrected chi connectivity index (χ2v) is 12.2. The SMILES string of the molecule is O=C1CC(C(=O)N(CCCN2CCC(Cc3ccccc3)CC2)c2ccc(Cl)c(Cl)c2)CN1CCc1ccccc1. The Labute approximate surface area is 254 Å². The maximum Gasteiger partial charge on any atom is 0.232 e. The van der Waals surface area contributed by atoms with Crippen LogP contribution in [0.1, 0.15) is 36.8 Å². The number of piperidine rings is 1. The summed E-state index contributed by atoms with van der Waals surface area (Å²) in [6, 6.07) is 26.3. The van der Waals surface area contributed by atoms with Crippen LogP contribution in [0.4, 0.5) is 5.69 Å². The van der Waals surface area contributed by atoms with E-state index in [0.717, 1.165) is 50.5 Å². The number of amides is 2. The van der Waals surface area contributed by atoms with Crippen LogP contribution >= 0.6 is 23.2 Å². The molecule has 0 radical (unpaired) electrons. The van der Waals surface area contributed by atoms with Gasteiger partial charge in [-0.1, -0.05) is 83.9 Å². The molecule has 7 heteroatoms. The second-order valence-electron chi connectivity index (χ2n) is 11.4. The van der Waals surface area contributed by atoms with E-state index in [9.17, 15) is 9.59 Å². The molecule has 1 unspecified atom stereocenters. The first kappa shape index (κ1) is 29.6. The Morgan fingerprint density at radius 1 is 0.854 bits per heavy atom. The molecular formula is C34H39Cl2N3O2. The van der Waals surface area contributed by atoms with Crippen molar-refractivity contribution in [1.29, 1.82) is 0 Å². The third-order valence-corrected chi connectivity index (χ3v) is 9.23. The lowest BCUT2D eigenvalue weighted by atomic mass is 9.90. The molecule has 0 spiro atoms. The Bertz CT molecular complexity index is 1300. The molecule has 0 N–H and O–H groups in total. The molecule has 2 aliphatic heterocycles. The molecule has 2 saturated heterocycles. The molecule has 2 heterocycles. The van der Waals surface area contributed by atoms with Crippen LogP contribution in [0.3, 0.4) is 0 Å². The van der Waals surface area contributed by atoms with Crippen LogP contribution in [0, 0.1) is 11.8 Å². The van der Waals surface area contributed by atoms with E-state index in [-0.39, 0.29) is 24.2 Å². The van der Waals surface area contributed by atoms with E-state index in [1.165, 1.54) is 24.0 Å². The Morgan fingerprint density at radius 3 is 2.22 bits per heavy atom. The van der Waals surface area contributed by atoms with E-state index in [0.29, 0.717) is 29.7 Å². The van der Waals surface area contributed by atoms with E-state index in [1.54, 1.807) is 12.1 Å². The van der Waals surface area contributed by atoms with Crippen molar-refractivity contribution in [1.82, 2.24) is 9.80 Å². The van der Waals surface area contributed by atoms with E-state index in [4.69, 9.17) is 23.2 Å². The van der Waals surface area contributed by atoms with Gasteiger partial charge in [0.25, 0.3) is 0 Å². The zero-order chi connectivity index (χ0) is 28.6. The normalized spacial score (nSPS) is 18.1. The fourth-order valence-corrected chi connectivity index (χ4v) is 6.41. The number of anilines is 1. The number of rotatable bonds is 11. The van der Waals surface area contributed by atoms with E-state index in [2.05, 4.69) is 47.4 Å². The Morgan fingerprint density at radius 2 is 1.54 bits per heavy atom. The summed E-state index contributed by atoms with van der Waals surface area (Å²) in [4.78, 5) is 32.9. The number of carbonyl (C=O) groups excluding carboxylic acids is 2. The maximum absolute atomic E-state index is 13.9. The van der Waals surface area contributed by atoms with Gasteiger partial charge in [-0.15, -0.1) is 0 Å². The lowest BCUT2D eigenvalue weighted by Crippen LogP contribution is -2.40. The highest BCUT2D eigenvalue weighted by atomic mass is 35.5. The molecule has 2 fully saturated rings. The van der Waals surface area contributed by atoms with Gasteiger partial charge in [-0.05, 0) is 87.0 Å². The molecule has 2 amide bonds. The van der Waals surface area contributed by atoms with Gasteiger partial charge in [0.05, 0.1) is 16.0 Å². The Balaban J connectivity index is 1.16. The third-order valence-electron chi connectivity index (χ3n) is 8.49. The smallest absolute Gasteiger partial charge is 0.232 e. The van der Waals surface area contributed by atoms with Gasteiger partial charge < -0.3 is 14.7 Å². The summed E-state index contributed by atoms with van der Waals surface area (Å²) in [5.74, 6) is 0.404. The lowest BCUT2D eigenvalue weighted by Gasteiger charge is -2.33. The molecule has 41 heavy (non-hydrogen) atoms. The summed E-state index contributed by atoms with van der Waals surface area (Å²) in [6.45, 7) is 4.78. The Kier molecular flexibility index (Phi) is 10.4. The Hall–Kier alpha value is -2.86. The summed E-state index contributed by atoms with van der Waals surface area (Å²) in [6.07, 6.45) is 5.44. The minimum atomic E-state index is -0.360. The number of halogens is 2. The molecule has 0 saturated carbocycles. The van der Waals surface area contributed by atoms with Crippen LogP contribution < -0.4 is 4.90 Å². The minimum absolute atomic E-state index is 0.0134. The van der Waals surface area contributed by atoms with E-state index in [1.807, 2.05) is 34.1 Å². The fourth-order valence-electron chi connectivity index (χ4n) is 6.12. The van der Waals surface area contributed by atoms with Crippen molar-refractivity contribution in [2.45, 2.75) is 38.5 Å². The first-order valence-corrected chi connectivity index (χ1v) is 15.6. The molecule has 0 bridgehead atoms. The molecule has 3 aromatic carbocycles. The molecule has 5 nitrogen and oxygen atoms in total. The van der Waals surface area contributed by atoms with Gasteiger partial charge in [0.1, 0.15) is 0 Å². The molecular weight excluding hydrogens is 553 g/mol. The van der Waals surface area contributed by atoms with Gasteiger partial charge in [0, 0.05) is 31.7 Å². The van der Waals surface area contributed by atoms with Crippen molar-refractivity contribution in [2.75, 3.05) is 44.2 Å². The fraction of sp³-hybridized carbons (Fsp3) is 0.412. The van der Waals surface area contributed by atoms with Gasteiger partial charge in [-0.25, -0.2) is 0 Å². The van der Waals surface area contributed by atoms with Crippen molar-refractivity contribution in [3.8, 4) is 0 Å². The van der Waals surface area contributed by atoms with Crippen molar-refractivity contribution >= 4 is 40.7 Å². The number of nitrogens with zero attached hydrogens (tertiary/aromatic N) is 3. The molecule has 1 atom stereocenters. The maximum atomic E-state index is 13.9. The molecule has 0 aliphatic carbocycles. The standard InChI is InChI=1S/C34H39Cl2N3O2/c35-31-13-12-30(24-32(31)36)39(18-7-17-37-19-14-28(15-20-37)22-27-10-5-2-6-11-27)34(41)29-23-33(40)38(25-29)21-16-26-8-3-1-4-9-26/h1-6,8-13,24,28-29H,7,14-23,25H2. The summed E-state index contributed by atoms with van der Waals surface area (Å²) in [7, 11) is 0. The highest BCUT2D eigenvalue weighted by Gasteiger charge is 2.37. The highest BCUT2D eigenvalue weighted by Crippen LogP contribution is 2.30. The average Bonchev–Trinajstić information content (AvgIpc) is 3.37. The van der Waals surface area contributed by atoms with Crippen molar-refractivity contribution in [2.24, 2.45) is 11.8 Å². The molecule has 0 aromatic heterocycles. The lowest BCUT2D eigenvalue weighted by molar-refractivity contribution is -0.128. The second kappa shape index (κ2) is 14.4. The van der Waals surface area contributed by atoms with Crippen LogP contribution in [0.2, 0.25) is 10.0 Å². The minimum Gasteiger partial charge on any atom is -0.342 e. The zero-order valence-corrected chi connectivity index (χ0v) is 25.1. The first-order chi connectivity index (χ1) is 20.0. The van der Waals surface area contributed by atoms with Crippen molar-refractivity contribution in [3.05, 3.63) is 100 Å². The quantitative estimate of drug-likeness (QED) is 0.247.